The molecule has 0 fully saturated rings. The van der Waals surface area contributed by atoms with Crippen LogP contribution < -0.4 is 0 Å². The minimum absolute atomic E-state index is 0.0447. The molecule has 0 saturated carbocycles. The van der Waals surface area contributed by atoms with Gasteiger partial charge in [-0.25, -0.2) is 0 Å². The fourth-order valence-electron chi connectivity index (χ4n) is 3.59. The number of hydrogen-bond donors (Lipinski definition) is 0. The maximum atomic E-state index is 12.9. The van der Waals surface area contributed by atoms with Crippen LogP contribution in [0.25, 0.3) is 17.1 Å². The Bertz CT molecular complexity index is 1250. The number of carbonyl (C=O) groups is 1. The van der Waals surface area contributed by atoms with Gasteiger partial charge in [0.2, 0.25) is 5.89 Å². The number of Topliss-reactive ketones (excluding diaryl/α,β-unsaturated/α-hetero) is 1. The Morgan fingerprint density at radius 3 is 2.39 bits per heavy atom. The summed E-state index contributed by atoms with van der Waals surface area (Å²) in [6.07, 6.45) is 0. The van der Waals surface area contributed by atoms with Crippen molar-refractivity contribution in [3.8, 4) is 17.1 Å². The summed E-state index contributed by atoms with van der Waals surface area (Å²) in [5, 5.41) is 8.58. The zero-order valence-corrected chi connectivity index (χ0v) is 19.2. The minimum atomic E-state index is 0.0447. The third-order valence-electron chi connectivity index (χ3n) is 5.51. The smallest absolute Gasteiger partial charge is 0.277 e. The van der Waals surface area contributed by atoms with Crippen LogP contribution in [0.4, 0.5) is 0 Å². The predicted molar refractivity (Wildman–Crippen MR) is 124 cm³/mol. The maximum Gasteiger partial charge on any atom is 0.277 e. The van der Waals surface area contributed by atoms with Gasteiger partial charge < -0.3 is 8.98 Å². The monoisotopic (exact) mass is 431 g/mol. The summed E-state index contributed by atoms with van der Waals surface area (Å²) >= 11 is 1.27. The van der Waals surface area contributed by atoms with Gasteiger partial charge in [-0.2, -0.15) is 0 Å². The SMILES string of the molecule is Cc1ccc(-c2nnc(SCC(=O)c3cc(C)n(-c4ccc(C)c(C)c4)c3C)o2)cc1. The number of nitrogens with zero attached hydrogens (tertiary/aromatic N) is 3. The molecule has 0 aliphatic heterocycles. The standard InChI is InChI=1S/C25H25N3O2S/c1-15-6-9-20(10-7-15)24-26-27-25(30-24)31-14-23(29)22-13-18(4)28(19(22)5)21-11-8-16(2)17(3)12-21/h6-13H,14H2,1-5H3. The Morgan fingerprint density at radius 2 is 1.68 bits per heavy atom. The summed E-state index contributed by atoms with van der Waals surface area (Å²) in [5.74, 6) is 0.748. The Hall–Kier alpha value is -3.12. The third kappa shape index (κ3) is 4.35. The van der Waals surface area contributed by atoms with Crippen LogP contribution in [-0.2, 0) is 0 Å². The highest BCUT2D eigenvalue weighted by Gasteiger charge is 2.18. The van der Waals surface area contributed by atoms with Crippen LogP contribution in [0.1, 0.15) is 38.4 Å². The molecule has 4 rings (SSSR count). The highest BCUT2D eigenvalue weighted by atomic mass is 32.2. The van der Waals surface area contributed by atoms with Gasteiger partial charge in [0.05, 0.1) is 5.75 Å². The van der Waals surface area contributed by atoms with E-state index in [2.05, 4.69) is 46.8 Å². The summed E-state index contributed by atoms with van der Waals surface area (Å²) in [6.45, 7) is 10.2. The van der Waals surface area contributed by atoms with Gasteiger partial charge in [-0.1, -0.05) is 35.5 Å². The van der Waals surface area contributed by atoms with Gasteiger partial charge in [0.15, 0.2) is 5.78 Å². The highest BCUT2D eigenvalue weighted by molar-refractivity contribution is 7.99. The molecule has 158 valence electrons. The van der Waals surface area contributed by atoms with Crippen molar-refractivity contribution in [3.63, 3.8) is 0 Å². The number of aryl methyl sites for hydroxylation is 4. The first-order chi connectivity index (χ1) is 14.8. The fourth-order valence-corrected chi connectivity index (χ4v) is 4.24. The van der Waals surface area contributed by atoms with E-state index >= 15 is 0 Å². The van der Waals surface area contributed by atoms with E-state index in [0.29, 0.717) is 11.1 Å². The molecular weight excluding hydrogens is 406 g/mol. The van der Waals surface area contributed by atoms with E-state index in [0.717, 1.165) is 28.2 Å². The van der Waals surface area contributed by atoms with Gasteiger partial charge in [0.1, 0.15) is 0 Å². The van der Waals surface area contributed by atoms with Crippen LogP contribution in [0.5, 0.6) is 0 Å². The molecule has 2 aromatic heterocycles. The van der Waals surface area contributed by atoms with Crippen LogP contribution in [-0.4, -0.2) is 26.3 Å². The van der Waals surface area contributed by atoms with Crippen molar-refractivity contribution in [2.75, 3.05) is 5.75 Å². The molecule has 0 saturated heterocycles. The molecular formula is C25H25N3O2S. The molecule has 0 N–H and O–H groups in total. The number of benzene rings is 2. The lowest BCUT2D eigenvalue weighted by Gasteiger charge is -2.12. The van der Waals surface area contributed by atoms with Gasteiger partial charge in [0, 0.05) is 28.2 Å². The second-order valence-electron chi connectivity index (χ2n) is 7.84. The molecule has 5 nitrogen and oxygen atoms in total. The van der Waals surface area contributed by atoms with Gasteiger partial charge in [0.25, 0.3) is 5.22 Å². The molecule has 0 spiro atoms. The number of rotatable bonds is 6. The van der Waals surface area contributed by atoms with Crippen LogP contribution in [0.2, 0.25) is 0 Å². The van der Waals surface area contributed by atoms with Gasteiger partial charge in [-0.3, -0.25) is 4.79 Å². The van der Waals surface area contributed by atoms with E-state index in [4.69, 9.17) is 4.42 Å². The van der Waals surface area contributed by atoms with Crippen molar-refractivity contribution < 1.29 is 9.21 Å². The van der Waals surface area contributed by atoms with E-state index in [9.17, 15) is 4.79 Å². The zero-order chi connectivity index (χ0) is 22.1. The largest absolute Gasteiger partial charge is 0.411 e. The molecule has 0 radical (unpaired) electrons. The summed E-state index contributed by atoms with van der Waals surface area (Å²) < 4.78 is 7.86. The van der Waals surface area contributed by atoms with E-state index in [-0.39, 0.29) is 11.5 Å². The lowest BCUT2D eigenvalue weighted by atomic mass is 10.1. The van der Waals surface area contributed by atoms with E-state index in [1.54, 1.807) is 0 Å². The molecule has 0 unspecified atom stereocenters. The quantitative estimate of drug-likeness (QED) is 0.275. The van der Waals surface area contributed by atoms with Crippen molar-refractivity contribution in [1.82, 2.24) is 14.8 Å². The third-order valence-corrected chi connectivity index (χ3v) is 6.33. The Labute approximate surface area is 186 Å². The molecule has 0 atom stereocenters. The Morgan fingerprint density at radius 1 is 0.935 bits per heavy atom. The highest BCUT2D eigenvalue weighted by Crippen LogP contribution is 2.27. The first-order valence-electron chi connectivity index (χ1n) is 10.2. The van der Waals surface area contributed by atoms with E-state index < -0.39 is 0 Å². The number of carbonyl (C=O) groups excluding carboxylic acids is 1. The number of thioether (sulfide) groups is 1. The number of aromatic nitrogens is 3. The van der Waals surface area contributed by atoms with E-state index in [1.165, 1.54) is 28.5 Å². The molecule has 4 aromatic rings. The number of ketones is 1. The molecule has 0 aliphatic carbocycles. The lowest BCUT2D eigenvalue weighted by Crippen LogP contribution is -2.06. The van der Waals surface area contributed by atoms with Gasteiger partial charge >= 0.3 is 0 Å². The van der Waals surface area contributed by atoms with Crippen molar-refractivity contribution >= 4 is 17.5 Å². The molecule has 2 heterocycles. The molecule has 6 heteroatoms. The van der Waals surface area contributed by atoms with Crippen molar-refractivity contribution in [1.29, 1.82) is 0 Å². The summed E-state index contributed by atoms with van der Waals surface area (Å²) in [5.41, 5.74) is 8.30. The van der Waals surface area contributed by atoms with Crippen molar-refractivity contribution in [2.24, 2.45) is 0 Å². The normalized spacial score (nSPS) is 11.1. The average molecular weight is 432 g/mol. The first-order valence-corrected chi connectivity index (χ1v) is 11.1. The molecule has 0 amide bonds. The zero-order valence-electron chi connectivity index (χ0n) is 18.4. The van der Waals surface area contributed by atoms with Crippen LogP contribution in [0.15, 0.2) is 58.2 Å². The summed E-state index contributed by atoms with van der Waals surface area (Å²) in [4.78, 5) is 12.9. The first kappa shape index (κ1) is 21.1. The molecule has 31 heavy (non-hydrogen) atoms. The Kier molecular flexibility index (Phi) is 5.83. The maximum absolute atomic E-state index is 12.9. The van der Waals surface area contributed by atoms with Crippen molar-refractivity contribution in [3.05, 3.63) is 82.2 Å². The molecule has 2 aromatic carbocycles. The van der Waals surface area contributed by atoms with Crippen LogP contribution in [0, 0.1) is 34.6 Å². The summed E-state index contributed by atoms with van der Waals surface area (Å²) in [7, 11) is 0. The molecule has 0 aliphatic rings. The van der Waals surface area contributed by atoms with Gasteiger partial charge in [-0.05, 0) is 76.1 Å². The van der Waals surface area contributed by atoms with Crippen LogP contribution in [0.3, 0.4) is 0 Å². The van der Waals surface area contributed by atoms with Gasteiger partial charge in [-0.15, -0.1) is 10.2 Å². The van der Waals surface area contributed by atoms with E-state index in [1.807, 2.05) is 51.1 Å². The Balaban J connectivity index is 1.49. The second kappa shape index (κ2) is 8.55. The molecule has 0 bridgehead atoms. The fraction of sp³-hybridized carbons (Fsp3) is 0.240. The number of hydrogen-bond acceptors (Lipinski definition) is 5. The van der Waals surface area contributed by atoms with Crippen LogP contribution >= 0.6 is 11.8 Å². The second-order valence-corrected chi connectivity index (χ2v) is 8.77. The lowest BCUT2D eigenvalue weighted by molar-refractivity contribution is 0.102. The topological polar surface area (TPSA) is 60.9 Å². The minimum Gasteiger partial charge on any atom is -0.411 e. The predicted octanol–water partition coefficient (Wildman–Crippen LogP) is 6.04. The van der Waals surface area contributed by atoms with Crippen molar-refractivity contribution in [2.45, 2.75) is 39.8 Å². The summed E-state index contributed by atoms with van der Waals surface area (Å²) in [6, 6.07) is 16.2. The average Bonchev–Trinajstić information content (AvgIpc) is 3.33.